The van der Waals surface area contributed by atoms with Gasteiger partial charge in [-0.05, 0) is 24.8 Å². The maximum atomic E-state index is 11.4. The van der Waals surface area contributed by atoms with E-state index < -0.39 is 11.9 Å². The molecule has 1 saturated heterocycles. The molecule has 6 heteroatoms. The van der Waals surface area contributed by atoms with Gasteiger partial charge < -0.3 is 15.2 Å². The molecule has 2 rings (SSSR count). The van der Waals surface area contributed by atoms with Crippen molar-refractivity contribution in [1.82, 2.24) is 4.98 Å². The summed E-state index contributed by atoms with van der Waals surface area (Å²) in [5.74, 6) is -1.04. The van der Waals surface area contributed by atoms with Crippen LogP contribution in [0.2, 0.25) is 5.02 Å². The third-order valence-corrected chi connectivity index (χ3v) is 3.74. The molecule has 1 atom stereocenters. The SMILES string of the molecule is O=C(O)C(CNc1ccncc1Cl)C1CCOCC1. The first kappa shape index (κ1) is 14.1. The van der Waals surface area contributed by atoms with Gasteiger partial charge in [0.2, 0.25) is 0 Å². The van der Waals surface area contributed by atoms with Crippen LogP contribution in [0.3, 0.4) is 0 Å². The lowest BCUT2D eigenvalue weighted by Crippen LogP contribution is -2.34. The molecule has 2 N–H and O–H groups in total. The number of hydrogen-bond donors (Lipinski definition) is 2. The van der Waals surface area contributed by atoms with Gasteiger partial charge in [-0.1, -0.05) is 11.6 Å². The Morgan fingerprint density at radius 2 is 2.32 bits per heavy atom. The average molecular weight is 285 g/mol. The number of halogens is 1. The number of aliphatic carboxylic acids is 1. The van der Waals surface area contributed by atoms with Crippen LogP contribution >= 0.6 is 11.6 Å². The van der Waals surface area contributed by atoms with Crippen LogP contribution in [0.4, 0.5) is 5.69 Å². The van der Waals surface area contributed by atoms with Crippen molar-refractivity contribution in [3.8, 4) is 0 Å². The van der Waals surface area contributed by atoms with Crippen LogP contribution in [-0.2, 0) is 9.53 Å². The number of carboxylic acids is 1. The van der Waals surface area contributed by atoms with E-state index in [1.54, 1.807) is 12.3 Å². The van der Waals surface area contributed by atoms with Crippen molar-refractivity contribution in [3.05, 3.63) is 23.5 Å². The zero-order valence-electron chi connectivity index (χ0n) is 10.5. The fraction of sp³-hybridized carbons (Fsp3) is 0.538. The minimum atomic E-state index is -0.774. The van der Waals surface area contributed by atoms with Crippen molar-refractivity contribution >= 4 is 23.3 Å². The molecule has 1 aliphatic heterocycles. The van der Waals surface area contributed by atoms with E-state index in [9.17, 15) is 9.90 Å². The molecule has 0 aromatic carbocycles. The average Bonchev–Trinajstić information content (AvgIpc) is 2.42. The molecule has 0 aliphatic carbocycles. The van der Waals surface area contributed by atoms with Gasteiger partial charge in [0.1, 0.15) is 0 Å². The van der Waals surface area contributed by atoms with Gasteiger partial charge in [-0.15, -0.1) is 0 Å². The molecular weight excluding hydrogens is 268 g/mol. The molecule has 1 unspecified atom stereocenters. The van der Waals surface area contributed by atoms with Gasteiger partial charge in [-0.2, -0.15) is 0 Å². The standard InChI is InChI=1S/C13H17ClN2O3/c14-11-8-15-4-1-12(11)16-7-10(13(17)18)9-2-5-19-6-3-9/h1,4,8-10H,2-3,5-7H2,(H,15,16)(H,17,18). The number of anilines is 1. The van der Waals surface area contributed by atoms with Crippen molar-refractivity contribution in [2.75, 3.05) is 25.1 Å². The van der Waals surface area contributed by atoms with E-state index in [2.05, 4.69) is 10.3 Å². The number of rotatable bonds is 5. The van der Waals surface area contributed by atoms with E-state index in [1.807, 2.05) is 0 Å². The lowest BCUT2D eigenvalue weighted by Gasteiger charge is -2.28. The van der Waals surface area contributed by atoms with Gasteiger partial charge in [0, 0.05) is 32.2 Å². The molecular formula is C13H17ClN2O3. The minimum absolute atomic E-state index is 0.152. The topological polar surface area (TPSA) is 71.5 Å². The quantitative estimate of drug-likeness (QED) is 0.868. The second-order valence-electron chi connectivity index (χ2n) is 4.63. The smallest absolute Gasteiger partial charge is 0.308 e. The molecule has 19 heavy (non-hydrogen) atoms. The molecule has 5 nitrogen and oxygen atoms in total. The Balaban J connectivity index is 1.97. The molecule has 0 amide bonds. The number of hydrogen-bond acceptors (Lipinski definition) is 4. The molecule has 0 saturated carbocycles. The monoisotopic (exact) mass is 284 g/mol. The van der Waals surface area contributed by atoms with Crippen LogP contribution in [0.1, 0.15) is 12.8 Å². The molecule has 0 bridgehead atoms. The van der Waals surface area contributed by atoms with Crippen LogP contribution in [0.15, 0.2) is 18.5 Å². The second kappa shape index (κ2) is 6.73. The molecule has 104 valence electrons. The third kappa shape index (κ3) is 3.81. The molecule has 2 heterocycles. The number of nitrogens with one attached hydrogen (secondary N) is 1. The van der Waals surface area contributed by atoms with Crippen LogP contribution < -0.4 is 5.32 Å². The first-order chi connectivity index (χ1) is 9.18. The van der Waals surface area contributed by atoms with E-state index >= 15 is 0 Å². The summed E-state index contributed by atoms with van der Waals surface area (Å²) in [5, 5.41) is 12.9. The maximum Gasteiger partial charge on any atom is 0.308 e. The number of aromatic nitrogens is 1. The molecule has 0 radical (unpaired) electrons. The number of pyridine rings is 1. The highest BCUT2D eigenvalue weighted by molar-refractivity contribution is 6.33. The van der Waals surface area contributed by atoms with Gasteiger partial charge in [-0.3, -0.25) is 9.78 Å². The number of nitrogens with zero attached hydrogens (tertiary/aromatic N) is 1. The number of carboxylic acid groups (broad SMARTS) is 1. The van der Waals surface area contributed by atoms with Gasteiger partial charge in [0.05, 0.1) is 16.6 Å². The Kier molecular flexibility index (Phi) is 4.99. The largest absolute Gasteiger partial charge is 0.481 e. The number of carbonyl (C=O) groups is 1. The molecule has 1 fully saturated rings. The normalized spacial score (nSPS) is 17.9. The molecule has 0 spiro atoms. The Bertz CT molecular complexity index is 436. The van der Waals surface area contributed by atoms with Crippen molar-refractivity contribution in [2.45, 2.75) is 12.8 Å². The summed E-state index contributed by atoms with van der Waals surface area (Å²) in [4.78, 5) is 15.3. The third-order valence-electron chi connectivity index (χ3n) is 3.44. The summed E-state index contributed by atoms with van der Waals surface area (Å²) in [6.07, 6.45) is 4.75. The predicted octanol–water partition coefficient (Wildman–Crippen LogP) is 2.27. The summed E-state index contributed by atoms with van der Waals surface area (Å²) in [6, 6.07) is 1.74. The van der Waals surface area contributed by atoms with Gasteiger partial charge in [0.25, 0.3) is 0 Å². The first-order valence-corrected chi connectivity index (χ1v) is 6.70. The Morgan fingerprint density at radius 1 is 1.58 bits per heavy atom. The summed E-state index contributed by atoms with van der Waals surface area (Å²) >= 11 is 5.98. The highest BCUT2D eigenvalue weighted by Crippen LogP contribution is 2.26. The van der Waals surface area contributed by atoms with E-state index in [4.69, 9.17) is 16.3 Å². The summed E-state index contributed by atoms with van der Waals surface area (Å²) in [7, 11) is 0. The molecule has 1 aromatic rings. The van der Waals surface area contributed by atoms with Crippen LogP contribution in [0, 0.1) is 11.8 Å². The fourth-order valence-electron chi connectivity index (χ4n) is 2.31. The van der Waals surface area contributed by atoms with Crippen LogP contribution in [-0.4, -0.2) is 35.8 Å². The summed E-state index contributed by atoms with van der Waals surface area (Å²) < 4.78 is 5.27. The fourth-order valence-corrected chi connectivity index (χ4v) is 2.50. The van der Waals surface area contributed by atoms with E-state index in [0.29, 0.717) is 24.8 Å². The maximum absolute atomic E-state index is 11.4. The predicted molar refractivity (Wildman–Crippen MR) is 72.4 cm³/mol. The second-order valence-corrected chi connectivity index (χ2v) is 5.04. The van der Waals surface area contributed by atoms with E-state index in [1.165, 1.54) is 6.20 Å². The lowest BCUT2D eigenvalue weighted by atomic mass is 9.86. The van der Waals surface area contributed by atoms with E-state index in [-0.39, 0.29) is 5.92 Å². The van der Waals surface area contributed by atoms with Crippen LogP contribution in [0.25, 0.3) is 0 Å². The first-order valence-electron chi connectivity index (χ1n) is 6.32. The Hall–Kier alpha value is -1.33. The molecule has 1 aliphatic rings. The number of ether oxygens (including phenoxy) is 1. The summed E-state index contributed by atoms with van der Waals surface area (Å²) in [6.45, 7) is 1.65. The molecule has 1 aromatic heterocycles. The van der Waals surface area contributed by atoms with Crippen molar-refractivity contribution in [3.63, 3.8) is 0 Å². The zero-order chi connectivity index (χ0) is 13.7. The highest BCUT2D eigenvalue weighted by Gasteiger charge is 2.29. The Morgan fingerprint density at radius 3 is 2.95 bits per heavy atom. The Labute approximate surface area is 116 Å². The lowest BCUT2D eigenvalue weighted by molar-refractivity contribution is -0.144. The minimum Gasteiger partial charge on any atom is -0.481 e. The van der Waals surface area contributed by atoms with Crippen molar-refractivity contribution in [1.29, 1.82) is 0 Å². The van der Waals surface area contributed by atoms with Gasteiger partial charge >= 0.3 is 5.97 Å². The van der Waals surface area contributed by atoms with Crippen LogP contribution in [0.5, 0.6) is 0 Å². The summed E-state index contributed by atoms with van der Waals surface area (Å²) in [5.41, 5.74) is 0.718. The van der Waals surface area contributed by atoms with E-state index in [0.717, 1.165) is 18.5 Å². The highest BCUT2D eigenvalue weighted by atomic mass is 35.5. The zero-order valence-corrected chi connectivity index (χ0v) is 11.3. The van der Waals surface area contributed by atoms with Gasteiger partial charge in [0.15, 0.2) is 0 Å². The van der Waals surface area contributed by atoms with Crippen molar-refractivity contribution in [2.24, 2.45) is 11.8 Å². The van der Waals surface area contributed by atoms with Crippen molar-refractivity contribution < 1.29 is 14.6 Å². The van der Waals surface area contributed by atoms with Gasteiger partial charge in [-0.25, -0.2) is 0 Å².